The van der Waals surface area contributed by atoms with Crippen molar-refractivity contribution >= 4 is 5.91 Å². The van der Waals surface area contributed by atoms with Gasteiger partial charge in [0, 0.05) is 38.0 Å². The van der Waals surface area contributed by atoms with E-state index in [1.807, 2.05) is 11.8 Å². The molecule has 2 fully saturated rings. The molecule has 26 heavy (non-hydrogen) atoms. The van der Waals surface area contributed by atoms with E-state index in [4.69, 9.17) is 9.47 Å². The van der Waals surface area contributed by atoms with Crippen molar-refractivity contribution in [1.29, 1.82) is 0 Å². The Morgan fingerprint density at radius 2 is 2.15 bits per heavy atom. The third-order valence-corrected chi connectivity index (χ3v) is 5.14. The van der Waals surface area contributed by atoms with E-state index in [2.05, 4.69) is 5.32 Å². The van der Waals surface area contributed by atoms with Crippen LogP contribution < -0.4 is 10.1 Å². The Labute approximate surface area is 154 Å². The highest BCUT2D eigenvalue weighted by molar-refractivity contribution is 5.76. The van der Waals surface area contributed by atoms with Gasteiger partial charge in [0.25, 0.3) is 0 Å². The van der Waals surface area contributed by atoms with E-state index in [-0.39, 0.29) is 23.9 Å². The molecule has 1 aromatic carbocycles. The maximum atomic E-state index is 13.4. The third-order valence-electron chi connectivity index (χ3n) is 5.14. The molecule has 2 atom stereocenters. The van der Waals surface area contributed by atoms with Crippen LogP contribution in [-0.4, -0.2) is 55.3 Å². The summed E-state index contributed by atoms with van der Waals surface area (Å²) >= 11 is 0. The molecule has 0 radical (unpaired) electrons. The summed E-state index contributed by atoms with van der Waals surface area (Å²) in [5.41, 5.74) is 0. The highest BCUT2D eigenvalue weighted by Crippen LogP contribution is 2.21. The average molecular weight is 364 g/mol. The number of carbonyl (C=O) groups excluding carboxylic acids is 1. The summed E-state index contributed by atoms with van der Waals surface area (Å²) in [6.45, 7) is 4.89. The molecule has 2 heterocycles. The van der Waals surface area contributed by atoms with E-state index < -0.39 is 0 Å². The molecule has 2 aliphatic rings. The van der Waals surface area contributed by atoms with Gasteiger partial charge in [-0.1, -0.05) is 13.0 Å². The van der Waals surface area contributed by atoms with Crippen LogP contribution in [0.1, 0.15) is 39.0 Å². The highest BCUT2D eigenvalue weighted by atomic mass is 19.1. The van der Waals surface area contributed by atoms with E-state index in [1.165, 1.54) is 12.1 Å². The molecule has 3 rings (SSSR count). The zero-order chi connectivity index (χ0) is 18.4. The van der Waals surface area contributed by atoms with Crippen molar-refractivity contribution in [3.05, 3.63) is 30.1 Å². The maximum absolute atomic E-state index is 13.4. The molecule has 0 bridgehead atoms. The van der Waals surface area contributed by atoms with E-state index in [9.17, 15) is 9.18 Å². The molecule has 1 amide bonds. The topological polar surface area (TPSA) is 50.8 Å². The van der Waals surface area contributed by atoms with Crippen molar-refractivity contribution in [2.75, 3.05) is 26.3 Å². The molecule has 1 N–H and O–H groups in total. The van der Waals surface area contributed by atoms with Crippen molar-refractivity contribution in [3.8, 4) is 5.75 Å². The number of hydrogen-bond donors (Lipinski definition) is 1. The molecule has 0 unspecified atom stereocenters. The number of piperidine rings is 1. The van der Waals surface area contributed by atoms with Gasteiger partial charge in [0.05, 0.1) is 19.3 Å². The molecule has 5 nitrogen and oxygen atoms in total. The predicted octanol–water partition coefficient (Wildman–Crippen LogP) is 2.74. The fraction of sp³-hybridized carbons (Fsp3) is 0.650. The fourth-order valence-electron chi connectivity index (χ4n) is 3.70. The highest BCUT2D eigenvalue weighted by Gasteiger charge is 2.31. The van der Waals surface area contributed by atoms with Crippen LogP contribution in [-0.2, 0) is 9.53 Å². The first-order valence-corrected chi connectivity index (χ1v) is 9.69. The van der Waals surface area contributed by atoms with Crippen LogP contribution in [0.2, 0.25) is 0 Å². The van der Waals surface area contributed by atoms with Gasteiger partial charge >= 0.3 is 0 Å². The Morgan fingerprint density at radius 3 is 2.88 bits per heavy atom. The normalized spacial score (nSPS) is 24.5. The van der Waals surface area contributed by atoms with Crippen LogP contribution in [0.15, 0.2) is 24.3 Å². The van der Waals surface area contributed by atoms with E-state index >= 15 is 0 Å². The second-order valence-electron chi connectivity index (χ2n) is 7.16. The molecule has 0 aromatic heterocycles. The summed E-state index contributed by atoms with van der Waals surface area (Å²) in [6.07, 6.45) is 4.16. The number of nitrogens with one attached hydrogen (secondary N) is 1. The van der Waals surface area contributed by atoms with Crippen molar-refractivity contribution < 1.29 is 18.7 Å². The van der Waals surface area contributed by atoms with Crippen molar-refractivity contribution in [2.24, 2.45) is 0 Å². The van der Waals surface area contributed by atoms with Gasteiger partial charge in [0.1, 0.15) is 17.7 Å². The molecule has 2 saturated heterocycles. The maximum Gasteiger partial charge on any atom is 0.222 e. The largest absolute Gasteiger partial charge is 0.489 e. The zero-order valence-corrected chi connectivity index (χ0v) is 15.5. The number of rotatable bonds is 6. The lowest BCUT2D eigenvalue weighted by Gasteiger charge is -2.38. The van der Waals surface area contributed by atoms with Gasteiger partial charge in [-0.2, -0.15) is 0 Å². The second kappa shape index (κ2) is 9.33. The predicted molar refractivity (Wildman–Crippen MR) is 97.7 cm³/mol. The molecule has 144 valence electrons. The minimum atomic E-state index is -0.289. The van der Waals surface area contributed by atoms with Crippen LogP contribution in [0.25, 0.3) is 0 Å². The minimum Gasteiger partial charge on any atom is -0.489 e. The van der Waals surface area contributed by atoms with Crippen molar-refractivity contribution in [1.82, 2.24) is 10.2 Å². The molecule has 2 aliphatic heterocycles. The van der Waals surface area contributed by atoms with Crippen LogP contribution >= 0.6 is 0 Å². The van der Waals surface area contributed by atoms with E-state index in [0.717, 1.165) is 38.8 Å². The smallest absolute Gasteiger partial charge is 0.222 e. The molecular weight excluding hydrogens is 335 g/mol. The van der Waals surface area contributed by atoms with Crippen LogP contribution in [0.5, 0.6) is 5.75 Å². The summed E-state index contributed by atoms with van der Waals surface area (Å²) < 4.78 is 25.1. The van der Waals surface area contributed by atoms with Gasteiger partial charge < -0.3 is 19.7 Å². The number of likely N-dealkylation sites (tertiary alicyclic amines) is 1. The first-order valence-electron chi connectivity index (χ1n) is 9.69. The zero-order valence-electron chi connectivity index (χ0n) is 15.5. The average Bonchev–Trinajstić information content (AvgIpc) is 2.64. The second-order valence-corrected chi connectivity index (χ2v) is 7.16. The summed E-state index contributed by atoms with van der Waals surface area (Å²) in [5.74, 6) is 0.533. The summed E-state index contributed by atoms with van der Waals surface area (Å²) in [5, 5.41) is 3.65. The van der Waals surface area contributed by atoms with Gasteiger partial charge in [-0.05, 0) is 31.4 Å². The van der Waals surface area contributed by atoms with Gasteiger partial charge in [-0.25, -0.2) is 4.39 Å². The standard InChI is InChI=1S/C20H29FN2O3/c1-2-4-20(24)23-10-7-16(8-11-23)22-18-14-25-12-9-19(18)26-17-6-3-5-15(21)13-17/h3,5-6,13,16,18-19,22H,2,4,7-12,14H2,1H3/t18-,19+/m1/s1. The Hall–Kier alpha value is -1.66. The SMILES string of the molecule is CCCC(=O)N1CCC(N[C@@H]2COCC[C@@H]2Oc2cccc(F)c2)CC1. The molecule has 1 aromatic rings. The number of halogens is 1. The molecule has 6 heteroatoms. The number of amides is 1. The van der Waals surface area contributed by atoms with Crippen molar-refractivity contribution in [3.63, 3.8) is 0 Å². The summed E-state index contributed by atoms with van der Waals surface area (Å²) in [4.78, 5) is 14.0. The lowest BCUT2D eigenvalue weighted by molar-refractivity contribution is -0.132. The first-order chi connectivity index (χ1) is 12.7. The molecular formula is C20H29FN2O3. The van der Waals surface area contributed by atoms with Crippen molar-refractivity contribution in [2.45, 2.75) is 57.2 Å². The van der Waals surface area contributed by atoms with Crippen LogP contribution in [0.4, 0.5) is 4.39 Å². The third kappa shape index (κ3) is 5.17. The van der Waals surface area contributed by atoms with Crippen LogP contribution in [0, 0.1) is 5.82 Å². The number of nitrogens with zero attached hydrogens (tertiary/aromatic N) is 1. The molecule has 0 spiro atoms. The van der Waals surface area contributed by atoms with Gasteiger partial charge in [0.2, 0.25) is 5.91 Å². The minimum absolute atomic E-state index is 0.0368. The van der Waals surface area contributed by atoms with Gasteiger partial charge in [-0.3, -0.25) is 4.79 Å². The fourth-order valence-corrected chi connectivity index (χ4v) is 3.70. The Morgan fingerprint density at radius 1 is 1.35 bits per heavy atom. The van der Waals surface area contributed by atoms with Crippen LogP contribution in [0.3, 0.4) is 0 Å². The quantitative estimate of drug-likeness (QED) is 0.843. The Kier molecular flexibility index (Phi) is 6.86. The Bertz CT molecular complexity index is 590. The van der Waals surface area contributed by atoms with Gasteiger partial charge in [-0.15, -0.1) is 0 Å². The van der Waals surface area contributed by atoms with E-state index in [1.54, 1.807) is 12.1 Å². The van der Waals surface area contributed by atoms with Gasteiger partial charge in [0.15, 0.2) is 0 Å². The number of carbonyl (C=O) groups is 1. The first kappa shape index (κ1) is 19.1. The Balaban J connectivity index is 1.52. The van der Waals surface area contributed by atoms with E-state index in [0.29, 0.717) is 31.4 Å². The summed E-state index contributed by atoms with van der Waals surface area (Å²) in [6, 6.07) is 6.72. The number of ether oxygens (including phenoxy) is 2. The lowest BCUT2D eigenvalue weighted by Crippen LogP contribution is -2.55. The summed E-state index contributed by atoms with van der Waals surface area (Å²) in [7, 11) is 0. The lowest BCUT2D eigenvalue weighted by atomic mass is 10.00. The number of hydrogen-bond acceptors (Lipinski definition) is 4. The monoisotopic (exact) mass is 364 g/mol. The molecule has 0 saturated carbocycles. The number of benzene rings is 1. The molecule has 0 aliphatic carbocycles.